The molecular formula is C24H19NO3. The molecule has 28 heavy (non-hydrogen) atoms. The molecular weight excluding hydrogens is 350 g/mol. The van der Waals surface area contributed by atoms with Crippen molar-refractivity contribution in [3.8, 4) is 0 Å². The van der Waals surface area contributed by atoms with Gasteiger partial charge in [-0.1, -0.05) is 91.0 Å². The average molecular weight is 369 g/mol. The third kappa shape index (κ3) is 3.21. The van der Waals surface area contributed by atoms with Gasteiger partial charge in [-0.25, -0.2) is 0 Å². The Morgan fingerprint density at radius 2 is 1.32 bits per heavy atom. The number of ketones is 1. The van der Waals surface area contributed by atoms with Crippen LogP contribution < -0.4 is 0 Å². The number of amides is 1. The fourth-order valence-corrected chi connectivity index (χ4v) is 3.56. The molecule has 0 aliphatic carbocycles. The second-order valence-corrected chi connectivity index (χ2v) is 6.69. The number of hydrogen-bond acceptors (Lipinski definition) is 3. The van der Waals surface area contributed by atoms with Gasteiger partial charge in [0.05, 0.1) is 11.6 Å². The monoisotopic (exact) mass is 369 g/mol. The minimum Gasteiger partial charge on any atom is -0.507 e. The van der Waals surface area contributed by atoms with Crippen LogP contribution in [0.3, 0.4) is 0 Å². The first-order chi connectivity index (χ1) is 13.7. The number of aliphatic hydroxyl groups excluding tert-OH is 1. The summed E-state index contributed by atoms with van der Waals surface area (Å²) in [6.07, 6.45) is 0. The van der Waals surface area contributed by atoms with Gasteiger partial charge >= 0.3 is 0 Å². The van der Waals surface area contributed by atoms with Gasteiger partial charge in [0.1, 0.15) is 5.76 Å². The number of Topliss-reactive ketones (excluding diaryl/α,β-unsaturated/α-hetero) is 1. The second-order valence-electron chi connectivity index (χ2n) is 6.69. The summed E-state index contributed by atoms with van der Waals surface area (Å²) in [6.45, 7) is 0.288. The zero-order valence-electron chi connectivity index (χ0n) is 15.2. The maximum Gasteiger partial charge on any atom is 0.295 e. The summed E-state index contributed by atoms with van der Waals surface area (Å²) in [5.41, 5.74) is 2.35. The molecule has 3 aromatic rings. The molecule has 1 fully saturated rings. The number of rotatable bonds is 4. The summed E-state index contributed by atoms with van der Waals surface area (Å²) < 4.78 is 0. The Morgan fingerprint density at radius 1 is 0.786 bits per heavy atom. The van der Waals surface area contributed by atoms with E-state index in [0.29, 0.717) is 5.56 Å². The van der Waals surface area contributed by atoms with E-state index in [1.54, 1.807) is 24.3 Å². The maximum absolute atomic E-state index is 12.9. The van der Waals surface area contributed by atoms with Crippen LogP contribution in [0.15, 0.2) is 96.6 Å². The minimum absolute atomic E-state index is 0.123. The third-order valence-electron chi connectivity index (χ3n) is 4.90. The first-order valence-electron chi connectivity index (χ1n) is 9.09. The van der Waals surface area contributed by atoms with E-state index in [2.05, 4.69) is 0 Å². The lowest BCUT2D eigenvalue weighted by atomic mass is 9.95. The standard InChI is InChI=1S/C24H19NO3/c26-22(19-14-8-3-9-15-19)20-21(18-12-6-2-7-13-18)25(24(28)23(20)27)16-17-10-4-1-5-11-17/h1-15,21,26H,16H2/b22-20+/t21-/m1/s1. The normalized spacial score (nSPS) is 18.4. The highest BCUT2D eigenvalue weighted by atomic mass is 16.3. The Kier molecular flexibility index (Phi) is 4.77. The van der Waals surface area contributed by atoms with Crippen LogP contribution in [0.5, 0.6) is 0 Å². The molecule has 0 unspecified atom stereocenters. The Morgan fingerprint density at radius 3 is 1.93 bits per heavy atom. The fraction of sp³-hybridized carbons (Fsp3) is 0.0833. The van der Waals surface area contributed by atoms with Crippen LogP contribution >= 0.6 is 0 Å². The maximum atomic E-state index is 12.9. The molecule has 1 aliphatic rings. The lowest BCUT2D eigenvalue weighted by Crippen LogP contribution is -2.29. The Balaban J connectivity index is 1.85. The summed E-state index contributed by atoms with van der Waals surface area (Å²) in [5, 5.41) is 10.9. The van der Waals surface area contributed by atoms with Crippen LogP contribution in [-0.2, 0) is 16.1 Å². The molecule has 1 heterocycles. The van der Waals surface area contributed by atoms with Gasteiger partial charge in [-0.3, -0.25) is 9.59 Å². The van der Waals surface area contributed by atoms with E-state index in [4.69, 9.17) is 0 Å². The van der Waals surface area contributed by atoms with E-state index < -0.39 is 17.7 Å². The van der Waals surface area contributed by atoms with Crippen LogP contribution in [-0.4, -0.2) is 21.7 Å². The highest BCUT2D eigenvalue weighted by molar-refractivity contribution is 6.46. The smallest absolute Gasteiger partial charge is 0.295 e. The van der Waals surface area contributed by atoms with Crippen LogP contribution in [0, 0.1) is 0 Å². The molecule has 0 bridgehead atoms. The highest BCUT2D eigenvalue weighted by Crippen LogP contribution is 2.40. The predicted octanol–water partition coefficient (Wildman–Crippen LogP) is 4.31. The lowest BCUT2D eigenvalue weighted by Gasteiger charge is -2.25. The molecule has 1 saturated heterocycles. The van der Waals surface area contributed by atoms with Crippen molar-refractivity contribution in [2.24, 2.45) is 0 Å². The molecule has 0 radical (unpaired) electrons. The van der Waals surface area contributed by atoms with Crippen molar-refractivity contribution in [1.82, 2.24) is 4.90 Å². The second kappa shape index (κ2) is 7.53. The summed E-state index contributed by atoms with van der Waals surface area (Å²) in [7, 11) is 0. The molecule has 4 heteroatoms. The fourth-order valence-electron chi connectivity index (χ4n) is 3.56. The molecule has 3 aromatic carbocycles. The third-order valence-corrected chi connectivity index (χ3v) is 4.90. The summed E-state index contributed by atoms with van der Waals surface area (Å²) in [5.74, 6) is -1.41. The summed E-state index contributed by atoms with van der Waals surface area (Å²) in [6, 6.07) is 27.1. The molecule has 1 atom stereocenters. The van der Waals surface area contributed by atoms with Gasteiger partial charge in [0.15, 0.2) is 0 Å². The summed E-state index contributed by atoms with van der Waals surface area (Å²) in [4.78, 5) is 27.3. The topological polar surface area (TPSA) is 57.6 Å². The molecule has 138 valence electrons. The van der Waals surface area contributed by atoms with E-state index in [1.807, 2.05) is 66.7 Å². The molecule has 0 aromatic heterocycles. The van der Waals surface area contributed by atoms with Crippen LogP contribution in [0.4, 0.5) is 0 Å². The van der Waals surface area contributed by atoms with Crippen molar-refractivity contribution in [2.75, 3.05) is 0 Å². The lowest BCUT2D eigenvalue weighted by molar-refractivity contribution is -0.140. The first kappa shape index (κ1) is 17.7. The number of carbonyl (C=O) groups excluding carboxylic acids is 2. The SMILES string of the molecule is O=C1C(=O)N(Cc2ccccc2)[C@H](c2ccccc2)/C1=C(\O)c1ccccc1. The molecule has 1 amide bonds. The van der Waals surface area contributed by atoms with Crippen molar-refractivity contribution in [3.05, 3.63) is 113 Å². The van der Waals surface area contributed by atoms with Gasteiger partial charge in [0, 0.05) is 12.1 Å². The molecule has 4 nitrogen and oxygen atoms in total. The predicted molar refractivity (Wildman–Crippen MR) is 107 cm³/mol. The average Bonchev–Trinajstić information content (AvgIpc) is 3.00. The quantitative estimate of drug-likeness (QED) is 0.424. The van der Waals surface area contributed by atoms with E-state index in [9.17, 15) is 14.7 Å². The van der Waals surface area contributed by atoms with Crippen LogP contribution in [0.1, 0.15) is 22.7 Å². The van der Waals surface area contributed by atoms with Gasteiger partial charge in [0.2, 0.25) is 0 Å². The summed E-state index contributed by atoms with van der Waals surface area (Å²) >= 11 is 0. The number of nitrogens with zero attached hydrogens (tertiary/aromatic N) is 1. The number of benzene rings is 3. The Labute approximate surface area is 163 Å². The number of likely N-dealkylation sites (tertiary alicyclic amines) is 1. The van der Waals surface area contributed by atoms with Gasteiger partial charge < -0.3 is 10.0 Å². The van der Waals surface area contributed by atoms with Crippen molar-refractivity contribution >= 4 is 17.4 Å². The zero-order valence-corrected chi connectivity index (χ0v) is 15.2. The number of aliphatic hydroxyl groups is 1. The highest BCUT2D eigenvalue weighted by Gasteiger charge is 2.45. The van der Waals surface area contributed by atoms with Gasteiger partial charge in [-0.15, -0.1) is 0 Å². The van der Waals surface area contributed by atoms with Crippen molar-refractivity contribution in [2.45, 2.75) is 12.6 Å². The van der Waals surface area contributed by atoms with Crippen molar-refractivity contribution < 1.29 is 14.7 Å². The van der Waals surface area contributed by atoms with Crippen LogP contribution in [0.25, 0.3) is 5.76 Å². The molecule has 1 N–H and O–H groups in total. The van der Waals surface area contributed by atoms with Crippen molar-refractivity contribution in [1.29, 1.82) is 0 Å². The zero-order chi connectivity index (χ0) is 19.5. The van der Waals surface area contributed by atoms with Crippen molar-refractivity contribution in [3.63, 3.8) is 0 Å². The molecule has 0 spiro atoms. The van der Waals surface area contributed by atoms with E-state index in [0.717, 1.165) is 11.1 Å². The largest absolute Gasteiger partial charge is 0.507 e. The Bertz CT molecular complexity index is 1030. The van der Waals surface area contributed by atoms with Gasteiger partial charge in [-0.05, 0) is 11.1 Å². The molecule has 4 rings (SSSR count). The Hall–Kier alpha value is -3.66. The van der Waals surface area contributed by atoms with E-state index in [-0.39, 0.29) is 17.9 Å². The molecule has 0 saturated carbocycles. The molecule has 1 aliphatic heterocycles. The van der Waals surface area contributed by atoms with Crippen LogP contribution in [0.2, 0.25) is 0 Å². The minimum atomic E-state index is -0.661. The van der Waals surface area contributed by atoms with Gasteiger partial charge in [0.25, 0.3) is 11.7 Å². The first-order valence-corrected chi connectivity index (χ1v) is 9.09. The number of hydrogen-bond donors (Lipinski definition) is 1. The van der Waals surface area contributed by atoms with E-state index in [1.165, 1.54) is 4.90 Å². The number of carbonyl (C=O) groups is 2. The van der Waals surface area contributed by atoms with Gasteiger partial charge in [-0.2, -0.15) is 0 Å². The van der Waals surface area contributed by atoms with E-state index >= 15 is 0 Å².